The molecule has 2 rings (SSSR count). The molecule has 0 bridgehead atoms. The summed E-state index contributed by atoms with van der Waals surface area (Å²) in [5.41, 5.74) is -0.200. The van der Waals surface area contributed by atoms with Crippen LogP contribution in [0.1, 0.15) is 42.6 Å². The van der Waals surface area contributed by atoms with E-state index in [0.717, 1.165) is 23.8 Å². The average Bonchev–Trinajstić information content (AvgIpc) is 2.97. The molecule has 0 spiro atoms. The fourth-order valence-corrected chi connectivity index (χ4v) is 2.93. The van der Waals surface area contributed by atoms with Gasteiger partial charge in [0.25, 0.3) is 0 Å². The number of esters is 1. The molecule has 166 valence electrons. The highest BCUT2D eigenvalue weighted by atomic mass is 35.5. The van der Waals surface area contributed by atoms with Gasteiger partial charge in [0, 0.05) is 12.6 Å². The Kier molecular flexibility index (Phi) is 7.62. The van der Waals surface area contributed by atoms with Crippen LogP contribution in [0.5, 0.6) is 5.75 Å². The highest BCUT2D eigenvalue weighted by Crippen LogP contribution is 2.33. The monoisotopic (exact) mass is 455 g/mol. The molecule has 2 aromatic heterocycles. The first kappa shape index (κ1) is 23.8. The fraction of sp³-hybridized carbons (Fsp3) is 0.500. The second-order valence-electron chi connectivity index (χ2n) is 6.27. The number of hydrogen-bond acceptors (Lipinski definition) is 5. The van der Waals surface area contributed by atoms with Gasteiger partial charge >= 0.3 is 18.8 Å². The van der Waals surface area contributed by atoms with Gasteiger partial charge in [-0.05, 0) is 25.0 Å². The molecule has 0 radical (unpaired) electrons. The quantitative estimate of drug-likeness (QED) is 0.414. The van der Waals surface area contributed by atoms with Gasteiger partial charge in [-0.2, -0.15) is 22.0 Å². The van der Waals surface area contributed by atoms with Crippen LogP contribution in [0.3, 0.4) is 0 Å². The molecular formula is C18H19ClF5N3O3. The molecule has 0 aromatic carbocycles. The topological polar surface area (TPSA) is 66.2 Å². The van der Waals surface area contributed by atoms with Crippen molar-refractivity contribution in [1.82, 2.24) is 14.5 Å². The zero-order chi connectivity index (χ0) is 22.6. The summed E-state index contributed by atoms with van der Waals surface area (Å²) in [6.07, 6.45) is -3.60. The van der Waals surface area contributed by atoms with Gasteiger partial charge in [-0.15, -0.1) is 0 Å². The van der Waals surface area contributed by atoms with Crippen molar-refractivity contribution in [3.05, 3.63) is 34.5 Å². The van der Waals surface area contributed by atoms with E-state index >= 15 is 0 Å². The fourth-order valence-electron chi connectivity index (χ4n) is 2.64. The van der Waals surface area contributed by atoms with Crippen LogP contribution in [-0.4, -0.2) is 39.9 Å². The van der Waals surface area contributed by atoms with E-state index in [0.29, 0.717) is 0 Å². The molecule has 0 N–H and O–H groups in total. The van der Waals surface area contributed by atoms with Gasteiger partial charge in [0.05, 0.1) is 12.5 Å². The van der Waals surface area contributed by atoms with E-state index in [1.807, 2.05) is 0 Å². The predicted molar refractivity (Wildman–Crippen MR) is 97.3 cm³/mol. The molecule has 0 saturated carbocycles. The van der Waals surface area contributed by atoms with Crippen molar-refractivity contribution in [2.75, 3.05) is 6.61 Å². The number of imidazole rings is 1. The van der Waals surface area contributed by atoms with Crippen LogP contribution >= 0.6 is 11.6 Å². The Labute approximate surface area is 174 Å². The number of ether oxygens (including phenoxy) is 2. The molecular weight excluding hydrogens is 437 g/mol. The zero-order valence-electron chi connectivity index (χ0n) is 16.3. The normalized spacial score (nSPS) is 12.9. The summed E-state index contributed by atoms with van der Waals surface area (Å²) in [5, 5.41) is -0.242. The van der Waals surface area contributed by atoms with Gasteiger partial charge in [-0.25, -0.2) is 14.8 Å². The zero-order valence-corrected chi connectivity index (χ0v) is 17.0. The van der Waals surface area contributed by atoms with E-state index in [1.165, 1.54) is 0 Å². The first-order chi connectivity index (χ1) is 14.0. The summed E-state index contributed by atoms with van der Waals surface area (Å²) in [6.45, 7) is 1.03. The minimum Gasteiger partial charge on any atom is -0.461 e. The van der Waals surface area contributed by atoms with Crippen LogP contribution in [-0.2, 0) is 17.6 Å². The number of aromatic nitrogens is 3. The SMILES string of the molecule is CCOC(=O)c1nc(CC)n(-c2ncc(CC(C)C(F)(F)F)cc2OC(F)F)c1Cl. The van der Waals surface area contributed by atoms with Gasteiger partial charge in [0.15, 0.2) is 17.3 Å². The lowest BCUT2D eigenvalue weighted by atomic mass is 10.0. The predicted octanol–water partition coefficient (Wildman–Crippen LogP) is 5.00. The van der Waals surface area contributed by atoms with Crippen LogP contribution in [0.4, 0.5) is 22.0 Å². The van der Waals surface area contributed by atoms with E-state index in [1.54, 1.807) is 13.8 Å². The van der Waals surface area contributed by atoms with Gasteiger partial charge in [0.2, 0.25) is 0 Å². The molecule has 0 fully saturated rings. The van der Waals surface area contributed by atoms with Crippen molar-refractivity contribution >= 4 is 17.6 Å². The third kappa shape index (κ3) is 5.38. The minimum absolute atomic E-state index is 0.0409. The lowest BCUT2D eigenvalue weighted by Gasteiger charge is -2.17. The highest BCUT2D eigenvalue weighted by Gasteiger charge is 2.36. The molecule has 0 aliphatic carbocycles. The van der Waals surface area contributed by atoms with Crippen molar-refractivity contribution in [3.63, 3.8) is 0 Å². The molecule has 0 amide bonds. The minimum atomic E-state index is -4.46. The van der Waals surface area contributed by atoms with E-state index in [9.17, 15) is 26.7 Å². The van der Waals surface area contributed by atoms with Crippen molar-refractivity contribution in [1.29, 1.82) is 0 Å². The van der Waals surface area contributed by atoms with Crippen LogP contribution in [0, 0.1) is 5.92 Å². The third-order valence-corrected chi connectivity index (χ3v) is 4.44. The lowest BCUT2D eigenvalue weighted by molar-refractivity contribution is -0.169. The second-order valence-corrected chi connectivity index (χ2v) is 6.63. The maximum absolute atomic E-state index is 13.0. The number of aryl methyl sites for hydroxylation is 1. The van der Waals surface area contributed by atoms with E-state index in [-0.39, 0.29) is 41.1 Å². The second kappa shape index (κ2) is 9.59. The maximum atomic E-state index is 13.0. The smallest absolute Gasteiger partial charge is 0.391 e. The molecule has 1 atom stereocenters. The van der Waals surface area contributed by atoms with Crippen LogP contribution in [0.25, 0.3) is 5.82 Å². The Morgan fingerprint density at radius 2 is 1.97 bits per heavy atom. The molecule has 2 aromatic rings. The lowest BCUT2D eigenvalue weighted by Crippen LogP contribution is -2.22. The summed E-state index contributed by atoms with van der Waals surface area (Å²) in [5.74, 6) is -3.07. The Balaban J connectivity index is 2.56. The van der Waals surface area contributed by atoms with Crippen molar-refractivity contribution < 1.29 is 36.2 Å². The Bertz CT molecular complexity index is 902. The number of rotatable bonds is 8. The number of hydrogen-bond donors (Lipinski definition) is 0. The van der Waals surface area contributed by atoms with Crippen LogP contribution in [0.15, 0.2) is 12.3 Å². The maximum Gasteiger partial charge on any atom is 0.391 e. The van der Waals surface area contributed by atoms with Gasteiger partial charge < -0.3 is 9.47 Å². The number of carbonyl (C=O) groups excluding carboxylic acids is 1. The Hall–Kier alpha value is -2.43. The number of halogens is 6. The summed E-state index contributed by atoms with van der Waals surface area (Å²) < 4.78 is 74.9. The highest BCUT2D eigenvalue weighted by molar-refractivity contribution is 6.32. The summed E-state index contributed by atoms with van der Waals surface area (Å²) in [6, 6.07) is 1.04. The molecule has 6 nitrogen and oxygen atoms in total. The van der Waals surface area contributed by atoms with Crippen molar-refractivity contribution in [2.24, 2.45) is 5.92 Å². The molecule has 0 saturated heterocycles. The number of pyridine rings is 1. The number of alkyl halides is 5. The van der Waals surface area contributed by atoms with E-state index in [4.69, 9.17) is 16.3 Å². The third-order valence-electron chi connectivity index (χ3n) is 4.09. The summed E-state index contributed by atoms with van der Waals surface area (Å²) >= 11 is 6.23. The van der Waals surface area contributed by atoms with Crippen LogP contribution < -0.4 is 4.74 Å². The Morgan fingerprint density at radius 1 is 1.30 bits per heavy atom. The molecule has 30 heavy (non-hydrogen) atoms. The number of nitrogens with zero attached hydrogens (tertiary/aromatic N) is 3. The molecule has 2 heterocycles. The Morgan fingerprint density at radius 3 is 2.50 bits per heavy atom. The van der Waals surface area contributed by atoms with Crippen molar-refractivity contribution in [3.8, 4) is 11.6 Å². The van der Waals surface area contributed by atoms with E-state index < -0.39 is 36.8 Å². The van der Waals surface area contributed by atoms with Crippen LogP contribution in [0.2, 0.25) is 5.15 Å². The van der Waals surface area contributed by atoms with E-state index in [2.05, 4.69) is 14.7 Å². The summed E-state index contributed by atoms with van der Waals surface area (Å²) in [4.78, 5) is 20.1. The van der Waals surface area contributed by atoms with Gasteiger partial charge in [-0.3, -0.25) is 4.57 Å². The van der Waals surface area contributed by atoms with Gasteiger partial charge in [0.1, 0.15) is 11.0 Å². The summed E-state index contributed by atoms with van der Waals surface area (Å²) in [7, 11) is 0. The standard InChI is InChI=1S/C18H19ClF5N3O3/c1-4-12-26-13(16(28)29-5-2)14(19)27(12)15-11(30-17(20)21)7-10(8-25-15)6-9(3)18(22,23)24/h7-9,17H,4-6H2,1-3H3. The molecule has 0 aliphatic heterocycles. The first-order valence-corrected chi connectivity index (χ1v) is 9.32. The average molecular weight is 456 g/mol. The first-order valence-electron chi connectivity index (χ1n) is 8.94. The molecule has 0 aliphatic rings. The van der Waals surface area contributed by atoms with Gasteiger partial charge in [-0.1, -0.05) is 25.4 Å². The molecule has 1 unspecified atom stereocenters. The largest absolute Gasteiger partial charge is 0.461 e. The van der Waals surface area contributed by atoms with Crippen molar-refractivity contribution in [2.45, 2.75) is 46.4 Å². The number of carbonyl (C=O) groups is 1. The molecule has 12 heteroatoms.